The van der Waals surface area contributed by atoms with Gasteiger partial charge in [-0.2, -0.15) is 0 Å². The van der Waals surface area contributed by atoms with Crippen molar-refractivity contribution in [2.45, 2.75) is 28.6 Å². The molecule has 2 aliphatic carbocycles. The average molecular weight is 258 g/mol. The molecule has 0 radical (unpaired) electrons. The molecule has 0 aliphatic heterocycles. The topological polar surface area (TPSA) is 43.1 Å². The number of aryl methyl sites for hydroxylation is 1. The van der Waals surface area contributed by atoms with E-state index in [2.05, 4.69) is 0 Å². The second kappa shape index (κ2) is 2.90. The molecular weight excluding hydrogens is 249 g/mol. The van der Waals surface area contributed by atoms with Crippen molar-refractivity contribution in [3.05, 3.63) is 45.5 Å². The molecule has 1 aromatic rings. The molecule has 0 spiro atoms. The third-order valence-electron chi connectivity index (χ3n) is 3.80. The highest BCUT2D eigenvalue weighted by molar-refractivity contribution is 6.53. The lowest BCUT2D eigenvalue weighted by atomic mass is 9.89. The van der Waals surface area contributed by atoms with Crippen molar-refractivity contribution in [3.63, 3.8) is 0 Å². The molecule has 84 valence electrons. The van der Waals surface area contributed by atoms with Gasteiger partial charge in [-0.3, -0.25) is 10.1 Å². The van der Waals surface area contributed by atoms with Gasteiger partial charge in [0.15, 0.2) is 0 Å². The van der Waals surface area contributed by atoms with E-state index in [4.69, 9.17) is 23.2 Å². The highest BCUT2D eigenvalue weighted by Gasteiger charge is 2.87. The fourth-order valence-electron chi connectivity index (χ4n) is 2.89. The van der Waals surface area contributed by atoms with Crippen molar-refractivity contribution in [1.29, 1.82) is 0 Å². The number of benzene rings is 1. The fourth-order valence-corrected chi connectivity index (χ4v) is 3.93. The van der Waals surface area contributed by atoms with E-state index in [9.17, 15) is 10.1 Å². The fraction of sp³-hybridized carbons (Fsp3) is 0.455. The summed E-state index contributed by atoms with van der Waals surface area (Å²) in [7, 11) is 0. The van der Waals surface area contributed by atoms with E-state index in [0.29, 0.717) is 12.8 Å². The van der Waals surface area contributed by atoms with Gasteiger partial charge in [-0.25, -0.2) is 0 Å². The van der Waals surface area contributed by atoms with Gasteiger partial charge in [0.05, 0.1) is 5.92 Å². The molecule has 5 heteroatoms. The summed E-state index contributed by atoms with van der Waals surface area (Å²) >= 11 is 12.2. The van der Waals surface area contributed by atoms with Crippen LogP contribution in [-0.2, 0) is 6.42 Å². The lowest BCUT2D eigenvalue weighted by Gasteiger charge is -2.17. The molecule has 3 rings (SSSR count). The molecule has 3 nitrogen and oxygen atoms in total. The first-order valence-corrected chi connectivity index (χ1v) is 5.87. The molecule has 0 bridgehead atoms. The van der Waals surface area contributed by atoms with Crippen LogP contribution in [0.25, 0.3) is 0 Å². The largest absolute Gasteiger partial charge is 0.265 e. The zero-order valence-electron chi connectivity index (χ0n) is 8.32. The van der Waals surface area contributed by atoms with Crippen LogP contribution in [0, 0.1) is 10.1 Å². The van der Waals surface area contributed by atoms with Gasteiger partial charge in [-0.1, -0.05) is 47.5 Å². The van der Waals surface area contributed by atoms with Crippen molar-refractivity contribution in [2.24, 2.45) is 0 Å². The minimum Gasteiger partial charge on any atom is -0.264 e. The summed E-state index contributed by atoms with van der Waals surface area (Å²) in [5.41, 5.74) is 0.911. The van der Waals surface area contributed by atoms with Gasteiger partial charge in [0.2, 0.25) is 4.33 Å². The number of rotatable bonds is 1. The van der Waals surface area contributed by atoms with Crippen LogP contribution in [0.3, 0.4) is 0 Å². The second-order valence-corrected chi connectivity index (χ2v) is 5.82. The minimum absolute atomic E-state index is 0.298. The van der Waals surface area contributed by atoms with E-state index in [1.807, 2.05) is 24.3 Å². The van der Waals surface area contributed by atoms with Crippen LogP contribution < -0.4 is 0 Å². The maximum absolute atomic E-state index is 11.2. The van der Waals surface area contributed by atoms with Gasteiger partial charge in [-0.05, 0) is 17.5 Å². The van der Waals surface area contributed by atoms with Crippen molar-refractivity contribution >= 4 is 23.2 Å². The monoisotopic (exact) mass is 257 g/mol. The van der Waals surface area contributed by atoms with Gasteiger partial charge in [0.1, 0.15) is 0 Å². The Morgan fingerprint density at radius 3 is 2.75 bits per heavy atom. The van der Waals surface area contributed by atoms with Crippen molar-refractivity contribution in [3.8, 4) is 0 Å². The summed E-state index contributed by atoms with van der Waals surface area (Å²) in [5, 5.41) is 11.2. The minimum atomic E-state index is -1.25. The molecule has 0 aromatic heterocycles. The van der Waals surface area contributed by atoms with E-state index in [1.165, 1.54) is 0 Å². The van der Waals surface area contributed by atoms with Gasteiger partial charge >= 0.3 is 0 Å². The Hall–Kier alpha value is -0.800. The Bertz CT molecular complexity index is 489. The molecule has 0 heterocycles. The summed E-state index contributed by atoms with van der Waals surface area (Å²) in [5.74, 6) is -0.358. The third kappa shape index (κ3) is 0.962. The summed E-state index contributed by atoms with van der Waals surface area (Å²) in [4.78, 5) is 10.9. The quantitative estimate of drug-likeness (QED) is 0.441. The average Bonchev–Trinajstić information content (AvgIpc) is 2.78. The number of halogens is 2. The molecule has 16 heavy (non-hydrogen) atoms. The number of nitrogens with zero attached hydrogens (tertiary/aromatic N) is 1. The maximum Gasteiger partial charge on any atom is 0.265 e. The van der Waals surface area contributed by atoms with E-state index >= 15 is 0 Å². The van der Waals surface area contributed by atoms with Crippen LogP contribution in [0.1, 0.15) is 23.5 Å². The summed E-state index contributed by atoms with van der Waals surface area (Å²) in [6, 6.07) is 7.69. The number of hydrogen-bond acceptors (Lipinski definition) is 2. The predicted molar refractivity (Wildman–Crippen MR) is 61.7 cm³/mol. The molecule has 2 aliphatic rings. The van der Waals surface area contributed by atoms with Crippen LogP contribution in [-0.4, -0.2) is 14.8 Å². The molecule has 0 amide bonds. The van der Waals surface area contributed by atoms with Crippen LogP contribution in [0.5, 0.6) is 0 Å². The van der Waals surface area contributed by atoms with Gasteiger partial charge in [0, 0.05) is 11.3 Å². The first kappa shape index (κ1) is 10.4. The molecule has 0 saturated heterocycles. The Balaban J connectivity index is 2.15. The Morgan fingerprint density at radius 1 is 1.38 bits per heavy atom. The van der Waals surface area contributed by atoms with Crippen LogP contribution >= 0.6 is 23.2 Å². The normalized spacial score (nSPS) is 33.8. The zero-order valence-corrected chi connectivity index (χ0v) is 9.83. The smallest absolute Gasteiger partial charge is 0.264 e. The SMILES string of the molecule is O=[N+]([O-])C12CCc3ccccc3C1C2(Cl)Cl. The Labute approximate surface area is 103 Å². The van der Waals surface area contributed by atoms with Crippen molar-refractivity contribution in [1.82, 2.24) is 0 Å². The molecular formula is C11H9Cl2NO2. The van der Waals surface area contributed by atoms with Crippen LogP contribution in [0.15, 0.2) is 24.3 Å². The van der Waals surface area contributed by atoms with Crippen LogP contribution in [0.2, 0.25) is 0 Å². The van der Waals surface area contributed by atoms with E-state index in [1.54, 1.807) is 0 Å². The van der Waals surface area contributed by atoms with Gasteiger partial charge < -0.3 is 0 Å². The van der Waals surface area contributed by atoms with Crippen molar-refractivity contribution < 1.29 is 4.92 Å². The predicted octanol–water partition coefficient (Wildman–Crippen LogP) is 2.92. The standard InChI is InChI=1S/C11H9Cl2NO2/c12-11(13)9-8-4-2-1-3-7(8)5-6-10(9,11)14(15)16/h1-4,9H,5-6H2. The Kier molecular flexibility index (Phi) is 1.88. The molecule has 2 atom stereocenters. The summed E-state index contributed by atoms with van der Waals surface area (Å²) < 4.78 is -1.25. The lowest BCUT2D eigenvalue weighted by molar-refractivity contribution is -0.542. The highest BCUT2D eigenvalue weighted by atomic mass is 35.5. The number of alkyl halides is 2. The van der Waals surface area contributed by atoms with E-state index in [0.717, 1.165) is 11.1 Å². The third-order valence-corrected chi connectivity index (χ3v) is 4.89. The molecule has 2 unspecified atom stereocenters. The second-order valence-electron chi connectivity index (χ2n) is 4.44. The van der Waals surface area contributed by atoms with E-state index < -0.39 is 9.87 Å². The zero-order chi connectivity index (χ0) is 11.6. The molecule has 1 aromatic carbocycles. The maximum atomic E-state index is 11.2. The number of hydrogen-bond donors (Lipinski definition) is 0. The van der Waals surface area contributed by atoms with Crippen LogP contribution in [0.4, 0.5) is 0 Å². The lowest BCUT2D eigenvalue weighted by Crippen LogP contribution is -2.31. The van der Waals surface area contributed by atoms with E-state index in [-0.39, 0.29) is 10.8 Å². The molecule has 0 N–H and O–H groups in total. The Morgan fingerprint density at radius 2 is 2.06 bits per heavy atom. The number of nitro groups is 1. The molecule has 1 saturated carbocycles. The first-order valence-electron chi connectivity index (χ1n) is 5.12. The van der Waals surface area contributed by atoms with Gasteiger partial charge in [-0.15, -0.1) is 0 Å². The summed E-state index contributed by atoms with van der Waals surface area (Å²) in [6.45, 7) is 0. The highest BCUT2D eigenvalue weighted by Crippen LogP contribution is 2.73. The summed E-state index contributed by atoms with van der Waals surface area (Å²) in [6.07, 6.45) is 1.10. The molecule has 1 fully saturated rings. The van der Waals surface area contributed by atoms with Crippen molar-refractivity contribution in [2.75, 3.05) is 0 Å². The first-order chi connectivity index (χ1) is 7.52. The van der Waals surface area contributed by atoms with Gasteiger partial charge in [0.25, 0.3) is 5.54 Å². The number of fused-ring (bicyclic) bond motifs is 3.